The summed E-state index contributed by atoms with van der Waals surface area (Å²) in [7, 11) is 0. The average Bonchev–Trinajstić information content (AvgIpc) is 2.78. The lowest BCUT2D eigenvalue weighted by Gasteiger charge is -2.12. The van der Waals surface area contributed by atoms with Crippen LogP contribution in [-0.2, 0) is 11.0 Å². The minimum absolute atomic E-state index is 0.104. The molecule has 0 saturated carbocycles. The van der Waals surface area contributed by atoms with Gasteiger partial charge in [0.25, 0.3) is 0 Å². The fraction of sp³-hybridized carbons (Fsp3) is 0.727. The highest BCUT2D eigenvalue weighted by atomic mass is 32.1. The zero-order valence-electron chi connectivity index (χ0n) is 10.8. The molecule has 0 unspecified atom stereocenters. The molecule has 0 fully saturated rings. The zero-order chi connectivity index (χ0) is 14.5. The minimum Gasteiger partial charge on any atom is -0.300 e. The lowest BCUT2D eigenvalue weighted by atomic mass is 9.99. The summed E-state index contributed by atoms with van der Waals surface area (Å²) < 4.78 is 37.0. The SMILES string of the molecule is CCCC[C@@H](CC)C(=O)Nc1nnc(C(F)(F)F)s1. The van der Waals surface area contributed by atoms with Crippen LogP contribution < -0.4 is 5.32 Å². The molecule has 108 valence electrons. The van der Waals surface area contributed by atoms with Crippen LogP contribution in [0.15, 0.2) is 0 Å². The molecular weight excluding hydrogens is 279 g/mol. The summed E-state index contributed by atoms with van der Waals surface area (Å²) in [4.78, 5) is 11.9. The molecule has 0 radical (unpaired) electrons. The second kappa shape index (κ2) is 6.83. The second-order valence-corrected chi connectivity index (χ2v) is 5.12. The van der Waals surface area contributed by atoms with Crippen LogP contribution in [0.5, 0.6) is 0 Å². The van der Waals surface area contributed by atoms with Crippen molar-refractivity contribution in [1.29, 1.82) is 0 Å². The predicted molar refractivity (Wildman–Crippen MR) is 66.8 cm³/mol. The molecule has 1 rings (SSSR count). The molecular formula is C11H16F3N3OS. The van der Waals surface area contributed by atoms with Crippen LogP contribution in [0.3, 0.4) is 0 Å². The molecule has 0 saturated heterocycles. The van der Waals surface area contributed by atoms with Gasteiger partial charge in [0.2, 0.25) is 16.0 Å². The largest absolute Gasteiger partial charge is 0.445 e. The Bertz CT molecular complexity index is 420. The fourth-order valence-electron chi connectivity index (χ4n) is 1.57. The first-order chi connectivity index (χ1) is 8.88. The Morgan fingerprint density at radius 3 is 2.53 bits per heavy atom. The Labute approximate surface area is 113 Å². The number of nitrogens with zero attached hydrogens (tertiary/aromatic N) is 2. The molecule has 1 atom stereocenters. The topological polar surface area (TPSA) is 54.9 Å². The van der Waals surface area contributed by atoms with Gasteiger partial charge in [-0.25, -0.2) is 0 Å². The first-order valence-electron chi connectivity index (χ1n) is 6.10. The Balaban J connectivity index is 2.63. The van der Waals surface area contributed by atoms with Crippen molar-refractivity contribution >= 4 is 22.4 Å². The number of hydrogen-bond acceptors (Lipinski definition) is 4. The van der Waals surface area contributed by atoms with Gasteiger partial charge in [-0.3, -0.25) is 4.79 Å². The van der Waals surface area contributed by atoms with Gasteiger partial charge in [-0.05, 0) is 12.8 Å². The van der Waals surface area contributed by atoms with E-state index in [-0.39, 0.29) is 17.0 Å². The van der Waals surface area contributed by atoms with Crippen LogP contribution in [0.4, 0.5) is 18.3 Å². The van der Waals surface area contributed by atoms with Crippen molar-refractivity contribution in [2.24, 2.45) is 5.92 Å². The smallest absolute Gasteiger partial charge is 0.300 e. The molecule has 0 aliphatic carbocycles. The molecule has 1 aromatic heterocycles. The van der Waals surface area contributed by atoms with Gasteiger partial charge in [0, 0.05) is 5.92 Å². The summed E-state index contributed by atoms with van der Waals surface area (Å²) in [6.07, 6.45) is -1.26. The number of hydrogen-bond donors (Lipinski definition) is 1. The van der Waals surface area contributed by atoms with E-state index < -0.39 is 11.2 Å². The second-order valence-electron chi connectivity index (χ2n) is 4.15. The number of carbonyl (C=O) groups excluding carboxylic acids is 1. The molecule has 0 bridgehead atoms. The first kappa shape index (κ1) is 15.9. The first-order valence-corrected chi connectivity index (χ1v) is 6.91. The Morgan fingerprint density at radius 2 is 2.05 bits per heavy atom. The third kappa shape index (κ3) is 4.77. The highest BCUT2D eigenvalue weighted by Gasteiger charge is 2.36. The van der Waals surface area contributed by atoms with E-state index in [1.54, 1.807) is 0 Å². The molecule has 0 aliphatic rings. The summed E-state index contributed by atoms with van der Waals surface area (Å²) >= 11 is 0.341. The third-order valence-corrected chi connectivity index (χ3v) is 3.55. The minimum atomic E-state index is -4.52. The number of nitrogens with one attached hydrogen (secondary N) is 1. The highest BCUT2D eigenvalue weighted by molar-refractivity contribution is 7.15. The van der Waals surface area contributed by atoms with Crippen LogP contribution in [0, 0.1) is 5.92 Å². The van der Waals surface area contributed by atoms with Crippen molar-refractivity contribution in [3.63, 3.8) is 0 Å². The van der Waals surface area contributed by atoms with E-state index in [2.05, 4.69) is 15.5 Å². The van der Waals surface area contributed by atoms with Crippen molar-refractivity contribution in [3.05, 3.63) is 5.01 Å². The Hall–Kier alpha value is -1.18. The molecule has 1 N–H and O–H groups in total. The Kier molecular flexibility index (Phi) is 5.71. The third-order valence-electron chi connectivity index (χ3n) is 2.67. The lowest BCUT2D eigenvalue weighted by molar-refractivity contribution is -0.138. The van der Waals surface area contributed by atoms with Crippen molar-refractivity contribution in [2.75, 3.05) is 5.32 Å². The van der Waals surface area contributed by atoms with Gasteiger partial charge >= 0.3 is 6.18 Å². The van der Waals surface area contributed by atoms with E-state index in [9.17, 15) is 18.0 Å². The van der Waals surface area contributed by atoms with Crippen LogP contribution in [0.1, 0.15) is 44.5 Å². The fourth-order valence-corrected chi connectivity index (χ4v) is 2.18. The molecule has 4 nitrogen and oxygen atoms in total. The summed E-state index contributed by atoms with van der Waals surface area (Å²) in [6, 6.07) is 0. The summed E-state index contributed by atoms with van der Waals surface area (Å²) in [5.41, 5.74) is 0. The van der Waals surface area contributed by atoms with Crippen LogP contribution >= 0.6 is 11.3 Å². The Morgan fingerprint density at radius 1 is 1.37 bits per heavy atom. The maximum atomic E-state index is 12.3. The molecule has 1 aromatic rings. The van der Waals surface area contributed by atoms with Gasteiger partial charge < -0.3 is 5.32 Å². The summed E-state index contributed by atoms with van der Waals surface area (Å²) in [5.74, 6) is -0.487. The standard InChI is InChI=1S/C11H16F3N3OS/c1-3-5-6-7(4-2)8(18)15-10-17-16-9(19-10)11(12,13)14/h7H,3-6H2,1-2H3,(H,15,17,18)/t7-/m1/s1. The summed E-state index contributed by atoms with van der Waals surface area (Å²) in [5, 5.41) is 7.60. The molecule has 0 aromatic carbocycles. The molecule has 1 heterocycles. The number of carbonyl (C=O) groups is 1. The maximum absolute atomic E-state index is 12.3. The lowest BCUT2D eigenvalue weighted by Crippen LogP contribution is -2.22. The van der Waals surface area contributed by atoms with E-state index in [1.807, 2.05) is 13.8 Å². The number of alkyl halides is 3. The number of unbranched alkanes of at least 4 members (excludes halogenated alkanes) is 1. The number of halogens is 3. The number of aromatic nitrogens is 2. The van der Waals surface area contributed by atoms with E-state index in [0.717, 1.165) is 19.3 Å². The van der Waals surface area contributed by atoms with Gasteiger partial charge in [-0.2, -0.15) is 13.2 Å². The predicted octanol–water partition coefficient (Wildman–Crippen LogP) is 3.71. The van der Waals surface area contributed by atoms with Gasteiger partial charge in [-0.1, -0.05) is 38.0 Å². The van der Waals surface area contributed by atoms with Crippen LogP contribution in [-0.4, -0.2) is 16.1 Å². The van der Waals surface area contributed by atoms with Crippen molar-refractivity contribution in [1.82, 2.24) is 10.2 Å². The molecule has 1 amide bonds. The van der Waals surface area contributed by atoms with E-state index in [0.29, 0.717) is 17.8 Å². The number of anilines is 1. The molecule has 19 heavy (non-hydrogen) atoms. The average molecular weight is 295 g/mol. The van der Waals surface area contributed by atoms with Crippen LogP contribution in [0.25, 0.3) is 0 Å². The number of rotatable bonds is 6. The molecule has 8 heteroatoms. The van der Waals surface area contributed by atoms with E-state index >= 15 is 0 Å². The molecule has 0 aliphatic heterocycles. The van der Waals surface area contributed by atoms with Gasteiger partial charge in [-0.15, -0.1) is 10.2 Å². The van der Waals surface area contributed by atoms with Gasteiger partial charge in [0.1, 0.15) is 0 Å². The zero-order valence-corrected chi connectivity index (χ0v) is 11.6. The quantitative estimate of drug-likeness (QED) is 0.870. The highest BCUT2D eigenvalue weighted by Crippen LogP contribution is 2.33. The van der Waals surface area contributed by atoms with Crippen molar-refractivity contribution < 1.29 is 18.0 Å². The normalized spacial score (nSPS) is 13.3. The number of amides is 1. The molecule has 0 spiro atoms. The van der Waals surface area contributed by atoms with Gasteiger partial charge in [0.05, 0.1) is 0 Å². The van der Waals surface area contributed by atoms with Crippen LogP contribution in [0.2, 0.25) is 0 Å². The monoisotopic (exact) mass is 295 g/mol. The van der Waals surface area contributed by atoms with E-state index in [4.69, 9.17) is 0 Å². The van der Waals surface area contributed by atoms with Gasteiger partial charge in [0.15, 0.2) is 0 Å². The van der Waals surface area contributed by atoms with Crippen molar-refractivity contribution in [2.45, 2.75) is 45.7 Å². The van der Waals surface area contributed by atoms with E-state index in [1.165, 1.54) is 0 Å². The summed E-state index contributed by atoms with van der Waals surface area (Å²) in [6.45, 7) is 3.89. The maximum Gasteiger partial charge on any atom is 0.445 e. The van der Waals surface area contributed by atoms with Crippen molar-refractivity contribution in [3.8, 4) is 0 Å².